The van der Waals surface area contributed by atoms with E-state index in [1.165, 1.54) is 38.8 Å². The average molecular weight is 300 g/mol. The highest BCUT2D eigenvalue weighted by atomic mass is 16.5. The van der Waals surface area contributed by atoms with Crippen LogP contribution in [-0.2, 0) is 9.47 Å². The molecule has 4 nitrogen and oxygen atoms in total. The number of nitrogens with one attached hydrogen (secondary N) is 1. The summed E-state index contributed by atoms with van der Waals surface area (Å²) < 4.78 is 10.5. The van der Waals surface area contributed by atoms with Crippen LogP contribution in [0.5, 0.6) is 0 Å². The zero-order valence-corrected chi connectivity index (χ0v) is 14.6. The van der Waals surface area contributed by atoms with Gasteiger partial charge in [0.05, 0.1) is 13.2 Å². The van der Waals surface area contributed by atoms with Crippen molar-refractivity contribution in [1.82, 2.24) is 10.2 Å². The molecule has 0 saturated carbocycles. The molecular weight excluding hydrogens is 264 g/mol. The van der Waals surface area contributed by atoms with Gasteiger partial charge in [-0.2, -0.15) is 0 Å². The van der Waals surface area contributed by atoms with E-state index >= 15 is 0 Å². The Hall–Kier alpha value is -0.160. The first kappa shape index (κ1) is 18.9. The molecule has 0 aromatic carbocycles. The lowest BCUT2D eigenvalue weighted by Crippen LogP contribution is -2.63. The van der Waals surface area contributed by atoms with E-state index in [1.54, 1.807) is 7.11 Å². The maximum atomic E-state index is 5.54. The zero-order valence-electron chi connectivity index (χ0n) is 14.6. The lowest BCUT2D eigenvalue weighted by Gasteiger charge is -2.47. The molecule has 1 fully saturated rings. The van der Waals surface area contributed by atoms with Crippen molar-refractivity contribution in [3.05, 3.63) is 0 Å². The summed E-state index contributed by atoms with van der Waals surface area (Å²) >= 11 is 0. The summed E-state index contributed by atoms with van der Waals surface area (Å²) in [6, 6.07) is 0.700. The highest BCUT2D eigenvalue weighted by molar-refractivity contribution is 4.96. The molecule has 1 N–H and O–H groups in total. The van der Waals surface area contributed by atoms with Gasteiger partial charge in [0.2, 0.25) is 0 Å². The Morgan fingerprint density at radius 1 is 1.10 bits per heavy atom. The van der Waals surface area contributed by atoms with Crippen molar-refractivity contribution in [1.29, 1.82) is 0 Å². The number of rotatable bonds is 11. The maximum Gasteiger partial charge on any atom is 0.0700 e. The smallest absolute Gasteiger partial charge is 0.0700 e. The van der Waals surface area contributed by atoms with E-state index in [9.17, 15) is 0 Å². The standard InChI is InChI=1S/C17H36N2O2/c1-5-16-14-18-17(6-2,7-3)15-19(16)10-8-9-11-21-13-12-20-4/h16,18H,5-15H2,1-4H3. The number of unbranched alkanes of at least 4 members (excludes halogenated alkanes) is 1. The lowest BCUT2D eigenvalue weighted by molar-refractivity contribution is 0.0553. The van der Waals surface area contributed by atoms with Gasteiger partial charge in [-0.05, 0) is 38.6 Å². The molecule has 0 radical (unpaired) electrons. The Kier molecular flexibility index (Phi) is 9.49. The van der Waals surface area contributed by atoms with Gasteiger partial charge < -0.3 is 14.8 Å². The molecule has 1 atom stereocenters. The topological polar surface area (TPSA) is 33.7 Å². The fourth-order valence-electron chi connectivity index (χ4n) is 3.19. The van der Waals surface area contributed by atoms with Gasteiger partial charge in [0.1, 0.15) is 0 Å². The third kappa shape index (κ3) is 6.23. The predicted molar refractivity (Wildman–Crippen MR) is 88.9 cm³/mol. The normalized spacial score (nSPS) is 22.6. The van der Waals surface area contributed by atoms with Gasteiger partial charge in [-0.25, -0.2) is 0 Å². The monoisotopic (exact) mass is 300 g/mol. The van der Waals surface area contributed by atoms with Crippen molar-refractivity contribution >= 4 is 0 Å². The van der Waals surface area contributed by atoms with Crippen molar-refractivity contribution in [3.8, 4) is 0 Å². The summed E-state index contributed by atoms with van der Waals surface area (Å²) in [5.41, 5.74) is 0.334. The van der Waals surface area contributed by atoms with Crippen LogP contribution in [0.2, 0.25) is 0 Å². The van der Waals surface area contributed by atoms with Crippen LogP contribution in [-0.4, -0.2) is 63.0 Å². The molecule has 1 saturated heterocycles. The number of hydrogen-bond acceptors (Lipinski definition) is 4. The third-order valence-corrected chi connectivity index (χ3v) is 4.98. The van der Waals surface area contributed by atoms with Gasteiger partial charge in [0.15, 0.2) is 0 Å². The number of methoxy groups -OCH3 is 1. The molecule has 21 heavy (non-hydrogen) atoms. The van der Waals surface area contributed by atoms with Crippen LogP contribution >= 0.6 is 0 Å². The van der Waals surface area contributed by atoms with Gasteiger partial charge in [0.25, 0.3) is 0 Å². The molecule has 1 aliphatic rings. The molecule has 0 aromatic heterocycles. The van der Waals surface area contributed by atoms with E-state index in [2.05, 4.69) is 31.0 Å². The van der Waals surface area contributed by atoms with Crippen LogP contribution in [0.1, 0.15) is 52.9 Å². The SMILES string of the molecule is CCC1CNC(CC)(CC)CN1CCCCOCCOC. The van der Waals surface area contributed by atoms with Crippen LogP contribution in [0.4, 0.5) is 0 Å². The molecule has 0 bridgehead atoms. The molecular formula is C17H36N2O2. The van der Waals surface area contributed by atoms with E-state index in [-0.39, 0.29) is 0 Å². The molecule has 0 aliphatic carbocycles. The van der Waals surface area contributed by atoms with Crippen molar-refractivity contribution < 1.29 is 9.47 Å². The number of ether oxygens (including phenoxy) is 2. The fourth-order valence-corrected chi connectivity index (χ4v) is 3.19. The van der Waals surface area contributed by atoms with Crippen molar-refractivity contribution in [3.63, 3.8) is 0 Å². The zero-order chi connectivity index (χ0) is 15.6. The van der Waals surface area contributed by atoms with Gasteiger partial charge in [0, 0.05) is 38.4 Å². The van der Waals surface area contributed by atoms with Crippen LogP contribution in [0.25, 0.3) is 0 Å². The summed E-state index contributed by atoms with van der Waals surface area (Å²) in [4.78, 5) is 2.71. The highest BCUT2D eigenvalue weighted by Gasteiger charge is 2.35. The molecule has 126 valence electrons. The first-order valence-corrected chi connectivity index (χ1v) is 8.77. The van der Waals surface area contributed by atoms with Crippen molar-refractivity contribution in [2.24, 2.45) is 0 Å². The summed E-state index contributed by atoms with van der Waals surface area (Å²) in [6.07, 6.45) is 6.05. The Bertz CT molecular complexity index is 257. The van der Waals surface area contributed by atoms with E-state index < -0.39 is 0 Å². The Labute approximate surface area is 131 Å². The quantitative estimate of drug-likeness (QED) is 0.595. The first-order chi connectivity index (χ1) is 10.2. The minimum atomic E-state index is 0.334. The molecule has 4 heteroatoms. The number of hydrogen-bond donors (Lipinski definition) is 1. The number of piperazine rings is 1. The van der Waals surface area contributed by atoms with E-state index in [4.69, 9.17) is 9.47 Å². The fraction of sp³-hybridized carbons (Fsp3) is 1.00. The molecule has 0 aromatic rings. The second-order valence-corrected chi connectivity index (χ2v) is 6.21. The van der Waals surface area contributed by atoms with Crippen LogP contribution in [0.15, 0.2) is 0 Å². The largest absolute Gasteiger partial charge is 0.382 e. The van der Waals surface area contributed by atoms with E-state index in [0.29, 0.717) is 18.2 Å². The van der Waals surface area contributed by atoms with Gasteiger partial charge in [-0.1, -0.05) is 20.8 Å². The molecule has 1 unspecified atom stereocenters. The van der Waals surface area contributed by atoms with Crippen LogP contribution < -0.4 is 5.32 Å². The minimum Gasteiger partial charge on any atom is -0.382 e. The van der Waals surface area contributed by atoms with Gasteiger partial charge in [-0.3, -0.25) is 4.90 Å². The second kappa shape index (κ2) is 10.5. The van der Waals surface area contributed by atoms with Crippen LogP contribution in [0.3, 0.4) is 0 Å². The summed E-state index contributed by atoms with van der Waals surface area (Å²) in [6.45, 7) is 12.7. The summed E-state index contributed by atoms with van der Waals surface area (Å²) in [5.74, 6) is 0. The number of nitrogens with zero attached hydrogens (tertiary/aromatic N) is 1. The Morgan fingerprint density at radius 3 is 2.48 bits per heavy atom. The molecule has 0 spiro atoms. The first-order valence-electron chi connectivity index (χ1n) is 8.77. The summed E-state index contributed by atoms with van der Waals surface area (Å²) in [5, 5.41) is 3.81. The van der Waals surface area contributed by atoms with Gasteiger partial charge in [-0.15, -0.1) is 0 Å². The van der Waals surface area contributed by atoms with Crippen LogP contribution in [0, 0.1) is 0 Å². The predicted octanol–water partition coefficient (Wildman–Crippen LogP) is 2.67. The third-order valence-electron chi connectivity index (χ3n) is 4.98. The lowest BCUT2D eigenvalue weighted by atomic mass is 9.88. The molecule has 1 heterocycles. The van der Waals surface area contributed by atoms with E-state index in [0.717, 1.165) is 26.2 Å². The Balaban J connectivity index is 2.28. The second-order valence-electron chi connectivity index (χ2n) is 6.21. The minimum absolute atomic E-state index is 0.334. The molecule has 1 aliphatic heterocycles. The molecule has 0 amide bonds. The average Bonchev–Trinajstić information content (AvgIpc) is 2.53. The van der Waals surface area contributed by atoms with E-state index in [1.807, 2.05) is 0 Å². The maximum absolute atomic E-state index is 5.54. The molecule has 1 rings (SSSR count). The van der Waals surface area contributed by atoms with Crippen molar-refractivity contribution in [2.75, 3.05) is 46.6 Å². The van der Waals surface area contributed by atoms with Crippen molar-refractivity contribution in [2.45, 2.75) is 64.5 Å². The van der Waals surface area contributed by atoms with Gasteiger partial charge >= 0.3 is 0 Å². The summed E-state index contributed by atoms with van der Waals surface area (Å²) in [7, 11) is 1.71. The Morgan fingerprint density at radius 2 is 1.86 bits per heavy atom. The highest BCUT2D eigenvalue weighted by Crippen LogP contribution is 2.24.